The Morgan fingerprint density at radius 3 is 2.04 bits per heavy atom. The first-order chi connectivity index (χ1) is 11.8. The first-order valence-corrected chi connectivity index (χ1v) is 8.03. The molecule has 0 aliphatic rings. The summed E-state index contributed by atoms with van der Waals surface area (Å²) in [4.78, 5) is -1.15. The number of nitrogens with two attached hydrogens (primary N) is 1. The second-order valence-electron chi connectivity index (χ2n) is 4.59. The molecule has 14 heteroatoms. The molecule has 2 aromatic rings. The average Bonchev–Trinajstić information content (AvgIpc) is 2.80. The fraction of sp³-hybridized carbons (Fsp3) is 0.167. The molecule has 0 radical (unpaired) electrons. The molecule has 2 rings (SSSR count). The number of nitrogens with zero attached hydrogens (tertiary/aromatic N) is 3. The van der Waals surface area contributed by atoms with Crippen LogP contribution in [0.5, 0.6) is 0 Å². The van der Waals surface area contributed by atoms with Gasteiger partial charge in [-0.25, -0.2) is 4.68 Å². The summed E-state index contributed by atoms with van der Waals surface area (Å²) >= 11 is 7.77. The van der Waals surface area contributed by atoms with Gasteiger partial charge in [0.2, 0.25) is 10.6 Å². The minimum absolute atomic E-state index is 0.433. The van der Waals surface area contributed by atoms with Gasteiger partial charge in [-0.15, -0.1) is 18.3 Å². The number of rotatable bonds is 2. The van der Waals surface area contributed by atoms with E-state index in [4.69, 9.17) is 34.2 Å². The topological polar surface area (TPSA) is 90.7 Å². The van der Waals surface area contributed by atoms with Crippen molar-refractivity contribution in [3.63, 3.8) is 0 Å². The zero-order chi connectivity index (χ0) is 20.0. The van der Waals surface area contributed by atoms with Crippen LogP contribution in [0.4, 0.5) is 32.2 Å². The van der Waals surface area contributed by atoms with Crippen LogP contribution in [0, 0.1) is 11.3 Å². The molecule has 0 saturated carbocycles. The van der Waals surface area contributed by atoms with Gasteiger partial charge in [-0.3, -0.25) is 0 Å². The Kier molecular flexibility index (Phi) is 5.31. The third kappa shape index (κ3) is 3.66. The van der Waals surface area contributed by atoms with E-state index in [1.165, 1.54) is 6.07 Å². The monoisotopic (exact) mass is 436 g/mol. The summed E-state index contributed by atoms with van der Waals surface area (Å²) < 4.78 is 88.4. The van der Waals surface area contributed by atoms with Gasteiger partial charge in [0.15, 0.2) is 5.82 Å². The van der Waals surface area contributed by atoms with Gasteiger partial charge in [0.05, 0.1) is 15.6 Å². The quantitative estimate of drug-likeness (QED) is 0.561. The molecule has 1 aromatic heterocycles. The number of nitriles is 1. The van der Waals surface area contributed by atoms with Crippen molar-refractivity contribution in [2.24, 2.45) is 0 Å². The Bertz CT molecular complexity index is 882. The zero-order valence-corrected chi connectivity index (χ0v) is 14.2. The highest BCUT2D eigenvalue weighted by Gasteiger charge is 2.50. The molecule has 0 fully saturated rings. The largest absolute Gasteiger partial charge is 0.604 e. The lowest BCUT2D eigenvalue weighted by molar-refractivity contribution is -0.137. The molecule has 0 aliphatic carbocycles. The summed E-state index contributed by atoms with van der Waals surface area (Å²) in [5.74, 6) is -0.902. The average molecular weight is 437 g/mol. The van der Waals surface area contributed by atoms with Crippen LogP contribution in [0.3, 0.4) is 0 Å². The summed E-state index contributed by atoms with van der Waals surface area (Å²) in [6, 6.07) is 2.19. The predicted octanol–water partition coefficient (Wildman–Crippen LogP) is 4.28. The van der Waals surface area contributed by atoms with Gasteiger partial charge in [-0.05, 0) is 12.1 Å². The third-order valence-corrected chi connectivity index (χ3v) is 4.70. The Hall–Kier alpha value is -1.81. The van der Waals surface area contributed by atoms with Crippen molar-refractivity contribution in [3.8, 4) is 11.8 Å². The van der Waals surface area contributed by atoms with Gasteiger partial charge >= 0.3 is 11.7 Å². The molecule has 26 heavy (non-hydrogen) atoms. The van der Waals surface area contributed by atoms with Gasteiger partial charge in [-0.1, -0.05) is 23.2 Å². The van der Waals surface area contributed by atoms with Crippen molar-refractivity contribution < 1.29 is 30.9 Å². The van der Waals surface area contributed by atoms with Gasteiger partial charge in [0.1, 0.15) is 22.9 Å². The van der Waals surface area contributed by atoms with E-state index in [1.54, 1.807) is 0 Å². The first kappa shape index (κ1) is 20.5. The molecular weight excluding hydrogens is 433 g/mol. The number of hydrogen-bond acceptors (Lipinski definition) is 4. The number of alkyl halides is 6. The SMILES string of the molecule is N#Cc1nn(-c2c(Cl)cc(C(F)(F)F)cc2Cl)c(N)c1[S@@+]([O-])C(F)(F)F. The Morgan fingerprint density at radius 2 is 1.65 bits per heavy atom. The maximum atomic E-state index is 12.7. The number of aromatic nitrogens is 2. The van der Waals surface area contributed by atoms with Crippen LogP contribution >= 0.6 is 23.2 Å². The summed E-state index contributed by atoms with van der Waals surface area (Å²) in [7, 11) is 0. The predicted molar refractivity (Wildman–Crippen MR) is 80.2 cm³/mol. The number of nitrogen functional groups attached to an aromatic ring is 1. The van der Waals surface area contributed by atoms with Crippen LogP contribution in [0.2, 0.25) is 10.0 Å². The lowest BCUT2D eigenvalue weighted by Gasteiger charge is -2.14. The molecular formula is C12H4Cl2F6N4OS. The molecule has 1 aromatic carbocycles. The van der Waals surface area contributed by atoms with E-state index >= 15 is 0 Å². The van der Waals surface area contributed by atoms with Gasteiger partial charge < -0.3 is 10.3 Å². The minimum atomic E-state index is -5.25. The summed E-state index contributed by atoms with van der Waals surface area (Å²) in [5.41, 5.74) is -2.42. The number of hydrogen-bond donors (Lipinski definition) is 1. The highest BCUT2D eigenvalue weighted by atomic mass is 35.5. The van der Waals surface area contributed by atoms with Crippen LogP contribution in [-0.2, 0) is 17.4 Å². The van der Waals surface area contributed by atoms with Gasteiger partial charge in [-0.2, -0.15) is 18.4 Å². The summed E-state index contributed by atoms with van der Waals surface area (Å²) in [5, 5.41) is 11.1. The molecule has 2 N–H and O–H groups in total. The maximum Gasteiger partial charge on any atom is 0.578 e. The zero-order valence-electron chi connectivity index (χ0n) is 11.9. The van der Waals surface area contributed by atoms with E-state index in [0.717, 1.165) is 0 Å². The molecule has 0 saturated heterocycles. The van der Waals surface area contributed by atoms with Crippen LogP contribution in [0.1, 0.15) is 11.3 Å². The van der Waals surface area contributed by atoms with E-state index in [1.807, 2.05) is 0 Å². The van der Waals surface area contributed by atoms with E-state index < -0.39 is 60.6 Å². The third-order valence-electron chi connectivity index (χ3n) is 2.93. The van der Waals surface area contributed by atoms with E-state index in [9.17, 15) is 30.9 Å². The molecule has 0 spiro atoms. The molecule has 0 aliphatic heterocycles. The highest BCUT2D eigenvalue weighted by molar-refractivity contribution is 7.92. The van der Waals surface area contributed by atoms with Crippen molar-refractivity contribution >= 4 is 40.2 Å². The molecule has 5 nitrogen and oxygen atoms in total. The Morgan fingerprint density at radius 1 is 1.15 bits per heavy atom. The van der Waals surface area contributed by atoms with Crippen LogP contribution in [-0.4, -0.2) is 19.8 Å². The van der Waals surface area contributed by atoms with Crippen LogP contribution < -0.4 is 5.73 Å². The molecule has 0 unspecified atom stereocenters. The van der Waals surface area contributed by atoms with E-state index in [-0.39, 0.29) is 0 Å². The fourth-order valence-corrected chi connectivity index (χ4v) is 3.31. The van der Waals surface area contributed by atoms with Gasteiger partial charge in [0.25, 0.3) is 0 Å². The van der Waals surface area contributed by atoms with Crippen molar-refractivity contribution in [1.82, 2.24) is 9.78 Å². The van der Waals surface area contributed by atoms with Crippen molar-refractivity contribution in [1.29, 1.82) is 5.26 Å². The Labute approximate surface area is 154 Å². The van der Waals surface area contributed by atoms with Crippen LogP contribution in [0.15, 0.2) is 17.0 Å². The van der Waals surface area contributed by atoms with E-state index in [0.29, 0.717) is 16.8 Å². The lowest BCUT2D eigenvalue weighted by atomic mass is 10.2. The standard InChI is InChI=1S/C12H4Cl2F6N4OS/c13-5-1-4(11(15,16)17)2-6(14)8(5)24-10(22)9(7(3-21)23-24)26(25)12(18,19)20/h1-2H,22H2/t26-/m1/s1. The molecule has 0 bridgehead atoms. The second-order valence-corrected chi connectivity index (χ2v) is 6.81. The summed E-state index contributed by atoms with van der Waals surface area (Å²) in [6.07, 6.45) is -4.79. The van der Waals surface area contributed by atoms with Crippen molar-refractivity contribution in [3.05, 3.63) is 33.4 Å². The van der Waals surface area contributed by atoms with Gasteiger partial charge in [0, 0.05) is 0 Å². The molecule has 0 amide bonds. The molecule has 1 heterocycles. The minimum Gasteiger partial charge on any atom is -0.604 e. The highest BCUT2D eigenvalue weighted by Crippen LogP contribution is 2.41. The normalized spacial score (nSPS) is 13.5. The summed E-state index contributed by atoms with van der Waals surface area (Å²) in [6.45, 7) is 0. The van der Waals surface area contributed by atoms with Crippen molar-refractivity contribution in [2.75, 3.05) is 5.73 Å². The molecule has 140 valence electrons. The smallest absolute Gasteiger partial charge is 0.578 e. The first-order valence-electron chi connectivity index (χ1n) is 6.12. The number of anilines is 1. The number of halogens is 8. The van der Waals surface area contributed by atoms with Crippen LogP contribution in [0.25, 0.3) is 5.69 Å². The molecule has 1 atom stereocenters. The van der Waals surface area contributed by atoms with E-state index in [2.05, 4.69) is 5.10 Å². The lowest BCUT2D eigenvalue weighted by Crippen LogP contribution is -2.24. The Balaban J connectivity index is 2.72. The maximum absolute atomic E-state index is 12.7. The number of benzene rings is 1. The van der Waals surface area contributed by atoms with Crippen molar-refractivity contribution in [2.45, 2.75) is 16.6 Å². The fourth-order valence-electron chi connectivity index (χ4n) is 1.89. The second kappa shape index (κ2) is 6.73.